The van der Waals surface area contributed by atoms with Crippen LogP contribution in [0, 0.1) is 5.92 Å². The summed E-state index contributed by atoms with van der Waals surface area (Å²) in [5.41, 5.74) is 1.30. The van der Waals surface area contributed by atoms with E-state index in [2.05, 4.69) is 32.7 Å². The Morgan fingerprint density at radius 2 is 2.15 bits per heavy atom. The van der Waals surface area contributed by atoms with E-state index in [9.17, 15) is 0 Å². The minimum Gasteiger partial charge on any atom is -0.376 e. The zero-order valence-electron chi connectivity index (χ0n) is 9.21. The van der Waals surface area contributed by atoms with E-state index in [1.54, 1.807) is 0 Å². The van der Waals surface area contributed by atoms with Crippen LogP contribution in [-0.2, 0) is 4.74 Å². The Hall–Kier alpha value is -0.630. The van der Waals surface area contributed by atoms with E-state index < -0.39 is 0 Å². The second-order valence-corrected chi connectivity index (χ2v) is 3.43. The maximum Gasteiger partial charge on any atom is 0.0818 e. The Balaban J connectivity index is 3.55. The highest BCUT2D eigenvalue weighted by Gasteiger charge is 1.92. The van der Waals surface area contributed by atoms with Crippen LogP contribution in [0.3, 0.4) is 0 Å². The van der Waals surface area contributed by atoms with Crippen LogP contribution in [0.25, 0.3) is 0 Å². The van der Waals surface area contributed by atoms with Gasteiger partial charge in [-0.25, -0.2) is 0 Å². The summed E-state index contributed by atoms with van der Waals surface area (Å²) in [5, 5.41) is 0. The maximum absolute atomic E-state index is 5.25. The first-order chi connectivity index (χ1) is 6.18. The van der Waals surface area contributed by atoms with Crippen molar-refractivity contribution in [1.82, 2.24) is 0 Å². The summed E-state index contributed by atoms with van der Waals surface area (Å²) < 4.78 is 5.25. The van der Waals surface area contributed by atoms with Crippen LogP contribution in [0.5, 0.6) is 0 Å². The van der Waals surface area contributed by atoms with Gasteiger partial charge < -0.3 is 4.74 Å². The number of nitrogens with zero attached hydrogens (tertiary/aromatic N) is 1. The average molecular weight is 183 g/mol. The predicted molar refractivity (Wildman–Crippen MR) is 58.2 cm³/mol. The van der Waals surface area contributed by atoms with Crippen LogP contribution >= 0.6 is 0 Å². The number of aliphatic imine (C=N–C) groups is 1. The molecule has 0 fully saturated rings. The molecule has 0 aromatic rings. The lowest BCUT2D eigenvalue weighted by Crippen LogP contribution is -1.95. The van der Waals surface area contributed by atoms with Gasteiger partial charge in [0.05, 0.1) is 6.61 Å². The van der Waals surface area contributed by atoms with E-state index in [4.69, 9.17) is 4.74 Å². The Morgan fingerprint density at radius 3 is 2.69 bits per heavy atom. The SMILES string of the molecule is CCCOCC=N/C=C(\C)C(C)C. The number of rotatable bonds is 6. The summed E-state index contributed by atoms with van der Waals surface area (Å²) >= 11 is 0. The molecule has 0 bridgehead atoms. The van der Waals surface area contributed by atoms with Crippen molar-refractivity contribution in [3.8, 4) is 0 Å². The van der Waals surface area contributed by atoms with Crippen molar-refractivity contribution >= 4 is 6.21 Å². The van der Waals surface area contributed by atoms with E-state index in [1.807, 2.05) is 12.4 Å². The third kappa shape index (κ3) is 7.72. The Bertz CT molecular complexity index is 171. The first-order valence-electron chi connectivity index (χ1n) is 4.94. The Labute approximate surface area is 81.7 Å². The van der Waals surface area contributed by atoms with Crippen LogP contribution in [-0.4, -0.2) is 19.4 Å². The highest BCUT2D eigenvalue weighted by atomic mass is 16.5. The van der Waals surface area contributed by atoms with Gasteiger partial charge in [-0.05, 0) is 19.3 Å². The van der Waals surface area contributed by atoms with Gasteiger partial charge in [0.25, 0.3) is 0 Å². The van der Waals surface area contributed by atoms with Crippen molar-refractivity contribution in [3.63, 3.8) is 0 Å². The smallest absolute Gasteiger partial charge is 0.0818 e. The van der Waals surface area contributed by atoms with Gasteiger partial charge >= 0.3 is 0 Å². The summed E-state index contributed by atoms with van der Waals surface area (Å²) in [6.07, 6.45) is 4.77. The molecule has 0 aliphatic carbocycles. The molecule has 2 nitrogen and oxygen atoms in total. The molecule has 0 saturated carbocycles. The molecule has 0 aliphatic rings. The van der Waals surface area contributed by atoms with Gasteiger partial charge in [0.15, 0.2) is 0 Å². The molecular formula is C11H21NO. The Morgan fingerprint density at radius 1 is 1.46 bits per heavy atom. The summed E-state index contributed by atoms with van der Waals surface area (Å²) in [4.78, 5) is 4.15. The largest absolute Gasteiger partial charge is 0.376 e. The van der Waals surface area contributed by atoms with Gasteiger partial charge in [0.2, 0.25) is 0 Å². The zero-order valence-corrected chi connectivity index (χ0v) is 9.21. The molecule has 0 aromatic carbocycles. The van der Waals surface area contributed by atoms with Crippen molar-refractivity contribution in [2.75, 3.05) is 13.2 Å². The summed E-state index contributed by atoms with van der Waals surface area (Å²) in [5.74, 6) is 0.578. The summed E-state index contributed by atoms with van der Waals surface area (Å²) in [7, 11) is 0. The zero-order chi connectivity index (χ0) is 10.1. The fraction of sp³-hybridized carbons (Fsp3) is 0.727. The topological polar surface area (TPSA) is 21.6 Å². The molecule has 0 heterocycles. The van der Waals surface area contributed by atoms with Crippen LogP contribution < -0.4 is 0 Å². The summed E-state index contributed by atoms with van der Waals surface area (Å²) in [6, 6.07) is 0. The molecule has 0 saturated heterocycles. The quantitative estimate of drug-likeness (QED) is 0.458. The van der Waals surface area contributed by atoms with Crippen LogP contribution in [0.1, 0.15) is 34.1 Å². The van der Waals surface area contributed by atoms with E-state index in [0.29, 0.717) is 12.5 Å². The van der Waals surface area contributed by atoms with Crippen molar-refractivity contribution in [2.45, 2.75) is 34.1 Å². The third-order valence-electron chi connectivity index (χ3n) is 1.84. The average Bonchev–Trinajstić information content (AvgIpc) is 2.10. The van der Waals surface area contributed by atoms with Crippen molar-refractivity contribution in [2.24, 2.45) is 10.9 Å². The fourth-order valence-electron chi connectivity index (χ4n) is 0.643. The summed E-state index contributed by atoms with van der Waals surface area (Å²) in [6.45, 7) is 9.95. The van der Waals surface area contributed by atoms with Crippen molar-refractivity contribution in [1.29, 1.82) is 0 Å². The molecule has 0 radical (unpaired) electrons. The lowest BCUT2D eigenvalue weighted by Gasteiger charge is -2.01. The standard InChI is InChI=1S/C11H21NO/c1-5-7-13-8-6-12-9-11(4)10(2)3/h6,9-10H,5,7-8H2,1-4H3/b11-9+,12-6?. The second kappa shape index (κ2) is 7.99. The molecule has 13 heavy (non-hydrogen) atoms. The van der Waals surface area contributed by atoms with Gasteiger partial charge in [-0.2, -0.15) is 0 Å². The highest BCUT2D eigenvalue weighted by Crippen LogP contribution is 2.06. The van der Waals surface area contributed by atoms with Gasteiger partial charge in [0.1, 0.15) is 0 Å². The van der Waals surface area contributed by atoms with Crippen molar-refractivity contribution in [3.05, 3.63) is 11.8 Å². The number of allylic oxidation sites excluding steroid dienone is 1. The van der Waals surface area contributed by atoms with Gasteiger partial charge in [-0.15, -0.1) is 0 Å². The number of ether oxygens (including phenoxy) is 1. The maximum atomic E-state index is 5.25. The second-order valence-electron chi connectivity index (χ2n) is 3.43. The molecular weight excluding hydrogens is 162 g/mol. The van der Waals surface area contributed by atoms with Gasteiger partial charge in [0, 0.05) is 19.0 Å². The van der Waals surface area contributed by atoms with Crippen molar-refractivity contribution < 1.29 is 4.74 Å². The molecule has 0 amide bonds. The minimum atomic E-state index is 0.578. The van der Waals surface area contributed by atoms with E-state index in [1.165, 1.54) is 5.57 Å². The number of hydrogen-bond donors (Lipinski definition) is 0. The van der Waals surface area contributed by atoms with E-state index in [0.717, 1.165) is 13.0 Å². The monoisotopic (exact) mass is 183 g/mol. The minimum absolute atomic E-state index is 0.578. The molecule has 0 rings (SSSR count). The highest BCUT2D eigenvalue weighted by molar-refractivity contribution is 5.59. The first-order valence-corrected chi connectivity index (χ1v) is 4.94. The fourth-order valence-corrected chi connectivity index (χ4v) is 0.643. The lowest BCUT2D eigenvalue weighted by atomic mass is 10.1. The van der Waals surface area contributed by atoms with E-state index in [-0.39, 0.29) is 0 Å². The molecule has 76 valence electrons. The molecule has 0 spiro atoms. The van der Waals surface area contributed by atoms with Crippen LogP contribution in [0.15, 0.2) is 16.8 Å². The predicted octanol–water partition coefficient (Wildman–Crippen LogP) is 3.04. The van der Waals surface area contributed by atoms with E-state index >= 15 is 0 Å². The molecule has 0 N–H and O–H groups in total. The Kier molecular flexibility index (Phi) is 7.60. The molecule has 0 aromatic heterocycles. The normalized spacial score (nSPS) is 13.2. The molecule has 0 aliphatic heterocycles. The lowest BCUT2D eigenvalue weighted by molar-refractivity contribution is 0.175. The third-order valence-corrected chi connectivity index (χ3v) is 1.84. The van der Waals surface area contributed by atoms with Crippen LogP contribution in [0.2, 0.25) is 0 Å². The first kappa shape index (κ1) is 12.4. The molecule has 2 heteroatoms. The number of hydrogen-bond acceptors (Lipinski definition) is 2. The molecule has 0 unspecified atom stereocenters. The van der Waals surface area contributed by atoms with Crippen LogP contribution in [0.4, 0.5) is 0 Å². The molecule has 0 atom stereocenters. The van der Waals surface area contributed by atoms with Gasteiger partial charge in [-0.1, -0.05) is 26.3 Å². The van der Waals surface area contributed by atoms with Gasteiger partial charge in [-0.3, -0.25) is 4.99 Å².